The normalized spacial score (nSPS) is 15.0. The Bertz CT molecular complexity index is 127. The summed E-state index contributed by atoms with van der Waals surface area (Å²) in [5.41, 5.74) is 0.336. The first-order valence-corrected chi connectivity index (χ1v) is 5.22. The number of rotatable bonds is 5. The van der Waals surface area contributed by atoms with Crippen LogP contribution in [0.15, 0.2) is 0 Å². The van der Waals surface area contributed by atoms with E-state index in [4.69, 9.17) is 0 Å². The van der Waals surface area contributed by atoms with Crippen molar-refractivity contribution in [2.24, 2.45) is 11.3 Å². The molecule has 0 spiro atoms. The maximum Gasteiger partial charge on any atom is 0.0575 e. The van der Waals surface area contributed by atoms with E-state index in [0.717, 1.165) is 19.5 Å². The summed E-state index contributed by atoms with van der Waals surface area (Å²) in [6.07, 6.45) is 0.695. The molecule has 13 heavy (non-hydrogen) atoms. The molecule has 2 N–H and O–H groups in total. The van der Waals surface area contributed by atoms with E-state index in [0.29, 0.717) is 11.3 Å². The highest BCUT2D eigenvalue weighted by molar-refractivity contribution is 4.67. The van der Waals surface area contributed by atoms with Gasteiger partial charge in [-0.15, -0.1) is 0 Å². The molecule has 0 aromatic heterocycles. The van der Waals surface area contributed by atoms with Crippen LogP contribution in [-0.4, -0.2) is 24.3 Å². The van der Waals surface area contributed by atoms with Crippen molar-refractivity contribution in [3.05, 3.63) is 0 Å². The van der Waals surface area contributed by atoms with Gasteiger partial charge in [0.25, 0.3) is 0 Å². The molecule has 0 radical (unpaired) electrons. The SMILES string of the molecule is CC(C)C(O)CCNCC(C)(C)C. The van der Waals surface area contributed by atoms with Crippen molar-refractivity contribution < 1.29 is 5.11 Å². The molecular weight excluding hydrogens is 162 g/mol. The molecule has 0 aromatic rings. The summed E-state index contributed by atoms with van der Waals surface area (Å²) >= 11 is 0. The van der Waals surface area contributed by atoms with Crippen LogP contribution in [0, 0.1) is 11.3 Å². The zero-order valence-corrected chi connectivity index (χ0v) is 9.72. The van der Waals surface area contributed by atoms with Crippen LogP contribution in [0.2, 0.25) is 0 Å². The van der Waals surface area contributed by atoms with Crippen molar-refractivity contribution in [2.45, 2.75) is 47.1 Å². The molecule has 0 saturated heterocycles. The number of hydrogen-bond donors (Lipinski definition) is 2. The minimum atomic E-state index is -0.160. The van der Waals surface area contributed by atoms with Crippen molar-refractivity contribution >= 4 is 0 Å². The van der Waals surface area contributed by atoms with Gasteiger partial charge in [-0.25, -0.2) is 0 Å². The van der Waals surface area contributed by atoms with Crippen molar-refractivity contribution in [3.8, 4) is 0 Å². The van der Waals surface area contributed by atoms with Crippen LogP contribution < -0.4 is 5.32 Å². The van der Waals surface area contributed by atoms with Crippen LogP contribution in [0.5, 0.6) is 0 Å². The molecule has 1 unspecified atom stereocenters. The van der Waals surface area contributed by atoms with Gasteiger partial charge >= 0.3 is 0 Å². The maximum absolute atomic E-state index is 9.52. The van der Waals surface area contributed by atoms with Gasteiger partial charge in [-0.2, -0.15) is 0 Å². The molecule has 0 aliphatic heterocycles. The number of hydrogen-bond acceptors (Lipinski definition) is 2. The number of aliphatic hydroxyl groups excluding tert-OH is 1. The zero-order chi connectivity index (χ0) is 10.5. The molecule has 0 aliphatic carbocycles. The fourth-order valence-electron chi connectivity index (χ4n) is 1.05. The lowest BCUT2D eigenvalue weighted by Crippen LogP contribution is -2.30. The average Bonchev–Trinajstić information content (AvgIpc) is 1.95. The van der Waals surface area contributed by atoms with E-state index >= 15 is 0 Å². The lowest BCUT2D eigenvalue weighted by molar-refractivity contribution is 0.115. The summed E-state index contributed by atoms with van der Waals surface area (Å²) in [7, 11) is 0. The van der Waals surface area contributed by atoms with Gasteiger partial charge in [0.15, 0.2) is 0 Å². The molecule has 80 valence electrons. The molecule has 0 saturated carbocycles. The van der Waals surface area contributed by atoms with Crippen LogP contribution in [-0.2, 0) is 0 Å². The predicted molar refractivity (Wildman–Crippen MR) is 57.8 cm³/mol. The predicted octanol–water partition coefficient (Wildman–Crippen LogP) is 2.03. The van der Waals surface area contributed by atoms with Gasteiger partial charge in [-0.1, -0.05) is 34.6 Å². The third-order valence-corrected chi connectivity index (χ3v) is 2.04. The molecule has 0 aromatic carbocycles. The summed E-state index contributed by atoms with van der Waals surface area (Å²) in [6, 6.07) is 0. The van der Waals surface area contributed by atoms with E-state index in [-0.39, 0.29) is 6.10 Å². The molecule has 0 aliphatic rings. The smallest absolute Gasteiger partial charge is 0.0575 e. The van der Waals surface area contributed by atoms with Crippen LogP contribution >= 0.6 is 0 Å². The Hall–Kier alpha value is -0.0800. The number of nitrogens with one attached hydrogen (secondary N) is 1. The summed E-state index contributed by atoms with van der Waals surface area (Å²) in [6.45, 7) is 12.6. The van der Waals surface area contributed by atoms with Crippen molar-refractivity contribution in [2.75, 3.05) is 13.1 Å². The standard InChI is InChI=1S/C11H25NO/c1-9(2)10(13)6-7-12-8-11(3,4)5/h9-10,12-13H,6-8H2,1-5H3. The Morgan fingerprint density at radius 3 is 2.15 bits per heavy atom. The topological polar surface area (TPSA) is 32.3 Å². The van der Waals surface area contributed by atoms with Crippen LogP contribution in [0.4, 0.5) is 0 Å². The second-order valence-corrected chi connectivity index (χ2v) is 5.34. The van der Waals surface area contributed by atoms with Crippen LogP contribution in [0.3, 0.4) is 0 Å². The Labute approximate surface area is 82.7 Å². The van der Waals surface area contributed by atoms with E-state index < -0.39 is 0 Å². The van der Waals surface area contributed by atoms with Gasteiger partial charge in [-0.3, -0.25) is 0 Å². The molecule has 2 heteroatoms. The molecule has 0 heterocycles. The minimum absolute atomic E-state index is 0.160. The molecular formula is C11H25NO. The molecule has 1 atom stereocenters. The molecule has 2 nitrogen and oxygen atoms in total. The Morgan fingerprint density at radius 1 is 1.23 bits per heavy atom. The monoisotopic (exact) mass is 187 g/mol. The third-order valence-electron chi connectivity index (χ3n) is 2.04. The van der Waals surface area contributed by atoms with Gasteiger partial charge in [0.1, 0.15) is 0 Å². The lowest BCUT2D eigenvalue weighted by atomic mass is 9.97. The third kappa shape index (κ3) is 8.26. The van der Waals surface area contributed by atoms with Crippen molar-refractivity contribution in [1.82, 2.24) is 5.32 Å². The zero-order valence-electron chi connectivity index (χ0n) is 9.72. The van der Waals surface area contributed by atoms with Gasteiger partial charge in [-0.05, 0) is 30.8 Å². The second kappa shape index (κ2) is 5.61. The molecule has 0 bridgehead atoms. The maximum atomic E-state index is 9.52. The van der Waals surface area contributed by atoms with E-state index in [1.807, 2.05) is 0 Å². The first kappa shape index (κ1) is 12.9. The fraction of sp³-hybridized carbons (Fsp3) is 1.00. The van der Waals surface area contributed by atoms with E-state index in [1.165, 1.54) is 0 Å². The van der Waals surface area contributed by atoms with E-state index in [9.17, 15) is 5.11 Å². The van der Waals surface area contributed by atoms with Gasteiger partial charge in [0.05, 0.1) is 6.10 Å². The quantitative estimate of drug-likeness (QED) is 0.645. The van der Waals surface area contributed by atoms with Gasteiger partial charge in [0.2, 0.25) is 0 Å². The van der Waals surface area contributed by atoms with Crippen LogP contribution in [0.25, 0.3) is 0 Å². The average molecular weight is 187 g/mol. The molecule has 0 fully saturated rings. The van der Waals surface area contributed by atoms with E-state index in [1.54, 1.807) is 0 Å². The first-order chi connectivity index (χ1) is 5.83. The van der Waals surface area contributed by atoms with E-state index in [2.05, 4.69) is 39.9 Å². The summed E-state index contributed by atoms with van der Waals surface area (Å²) < 4.78 is 0. The molecule has 0 amide bonds. The Balaban J connectivity index is 3.36. The van der Waals surface area contributed by atoms with Gasteiger partial charge in [0, 0.05) is 0 Å². The second-order valence-electron chi connectivity index (χ2n) is 5.34. The Morgan fingerprint density at radius 2 is 1.77 bits per heavy atom. The highest BCUT2D eigenvalue weighted by atomic mass is 16.3. The summed E-state index contributed by atoms with van der Waals surface area (Å²) in [5.74, 6) is 0.372. The van der Waals surface area contributed by atoms with Crippen molar-refractivity contribution in [3.63, 3.8) is 0 Å². The lowest BCUT2D eigenvalue weighted by Gasteiger charge is -2.20. The summed E-state index contributed by atoms with van der Waals surface area (Å²) in [5, 5.41) is 12.9. The van der Waals surface area contributed by atoms with Crippen molar-refractivity contribution in [1.29, 1.82) is 0 Å². The Kier molecular flexibility index (Phi) is 5.57. The largest absolute Gasteiger partial charge is 0.393 e. The molecule has 0 rings (SSSR count). The number of aliphatic hydroxyl groups is 1. The minimum Gasteiger partial charge on any atom is -0.393 e. The van der Waals surface area contributed by atoms with Gasteiger partial charge < -0.3 is 10.4 Å². The van der Waals surface area contributed by atoms with Crippen LogP contribution in [0.1, 0.15) is 41.0 Å². The summed E-state index contributed by atoms with van der Waals surface area (Å²) in [4.78, 5) is 0. The highest BCUT2D eigenvalue weighted by Gasteiger charge is 2.11. The highest BCUT2D eigenvalue weighted by Crippen LogP contribution is 2.10. The fourth-order valence-corrected chi connectivity index (χ4v) is 1.05. The first-order valence-electron chi connectivity index (χ1n) is 5.22.